The fourth-order valence-electron chi connectivity index (χ4n) is 1.68. The van der Waals surface area contributed by atoms with Gasteiger partial charge in [-0.3, -0.25) is 4.79 Å². The number of Topliss-reactive ketones (excluding diaryl/α,β-unsaturated/α-hetero) is 1. The molecule has 2 rings (SSSR count). The van der Waals surface area contributed by atoms with Gasteiger partial charge in [0, 0.05) is 24.3 Å². The number of carbonyl (C=O) groups is 1. The summed E-state index contributed by atoms with van der Waals surface area (Å²) in [5, 5.41) is 0.534. The van der Waals surface area contributed by atoms with Crippen molar-refractivity contribution < 1.29 is 4.79 Å². The maximum absolute atomic E-state index is 11.2. The molecule has 0 atom stereocenters. The molecule has 1 aliphatic heterocycles. The lowest BCUT2D eigenvalue weighted by Crippen LogP contribution is -2.18. The van der Waals surface area contributed by atoms with Crippen LogP contribution >= 0.6 is 11.6 Å². The first-order valence-electron chi connectivity index (χ1n) is 4.89. The van der Waals surface area contributed by atoms with Crippen LogP contribution in [-0.4, -0.2) is 18.9 Å². The topological polar surface area (TPSA) is 20.3 Å². The molecule has 2 nitrogen and oxygen atoms in total. The second-order valence-electron chi connectivity index (χ2n) is 3.60. The summed E-state index contributed by atoms with van der Waals surface area (Å²) in [6.45, 7) is 3.35. The van der Waals surface area contributed by atoms with Gasteiger partial charge in [-0.15, -0.1) is 0 Å². The van der Waals surface area contributed by atoms with Gasteiger partial charge in [0.1, 0.15) is 0 Å². The molecule has 0 bridgehead atoms. The highest BCUT2D eigenvalue weighted by molar-refractivity contribution is 6.34. The number of anilines is 1. The normalized spacial score (nSPS) is 14.7. The molecular weight excluding hydrogens is 210 g/mol. The summed E-state index contributed by atoms with van der Waals surface area (Å²) in [5.74, 6) is 0.00565. The average Bonchev–Trinajstić information content (AvgIpc) is 2.69. The lowest BCUT2D eigenvalue weighted by molar-refractivity contribution is 0.101. The van der Waals surface area contributed by atoms with Crippen LogP contribution in [0.25, 0.3) is 0 Å². The first-order valence-corrected chi connectivity index (χ1v) is 5.26. The second kappa shape index (κ2) is 4.07. The van der Waals surface area contributed by atoms with E-state index in [4.69, 9.17) is 11.6 Å². The van der Waals surface area contributed by atoms with Gasteiger partial charge in [-0.1, -0.05) is 23.8 Å². The second-order valence-corrected chi connectivity index (χ2v) is 4.00. The van der Waals surface area contributed by atoms with Gasteiger partial charge in [-0.25, -0.2) is 0 Å². The SMILES string of the molecule is CC(=O)c1ccc(N2CC=CC2)cc1Cl. The van der Waals surface area contributed by atoms with Crippen molar-refractivity contribution in [2.45, 2.75) is 6.92 Å². The van der Waals surface area contributed by atoms with Gasteiger partial charge >= 0.3 is 0 Å². The molecule has 0 spiro atoms. The number of carbonyl (C=O) groups excluding carboxylic acids is 1. The van der Waals surface area contributed by atoms with Crippen molar-refractivity contribution in [3.63, 3.8) is 0 Å². The molecule has 0 amide bonds. The Morgan fingerprint density at radius 3 is 2.53 bits per heavy atom. The molecule has 3 heteroatoms. The maximum atomic E-state index is 11.2. The zero-order valence-corrected chi connectivity index (χ0v) is 9.29. The Hall–Kier alpha value is -1.28. The molecule has 0 saturated heterocycles. The molecule has 0 aliphatic carbocycles. The Bertz CT molecular complexity index is 418. The highest BCUT2D eigenvalue weighted by Crippen LogP contribution is 2.25. The van der Waals surface area contributed by atoms with Crippen molar-refractivity contribution >= 4 is 23.1 Å². The van der Waals surface area contributed by atoms with Gasteiger partial charge in [-0.2, -0.15) is 0 Å². The highest BCUT2D eigenvalue weighted by Gasteiger charge is 2.11. The standard InChI is InChI=1S/C12H12ClNO/c1-9(15)11-5-4-10(8-12(11)13)14-6-2-3-7-14/h2-5,8H,6-7H2,1H3. The van der Waals surface area contributed by atoms with Crippen LogP contribution in [0.5, 0.6) is 0 Å². The van der Waals surface area contributed by atoms with Gasteiger partial charge in [-0.05, 0) is 25.1 Å². The zero-order chi connectivity index (χ0) is 10.8. The Kier molecular flexibility index (Phi) is 2.78. The predicted molar refractivity (Wildman–Crippen MR) is 62.8 cm³/mol. The summed E-state index contributed by atoms with van der Waals surface area (Å²) in [6, 6.07) is 5.58. The van der Waals surface area contributed by atoms with Gasteiger partial charge in [0.25, 0.3) is 0 Å². The number of benzene rings is 1. The van der Waals surface area contributed by atoms with E-state index in [2.05, 4.69) is 17.1 Å². The van der Waals surface area contributed by atoms with E-state index >= 15 is 0 Å². The molecule has 0 fully saturated rings. The van der Waals surface area contributed by atoms with Gasteiger partial charge in [0.15, 0.2) is 5.78 Å². The van der Waals surface area contributed by atoms with E-state index in [1.807, 2.05) is 12.1 Å². The smallest absolute Gasteiger partial charge is 0.161 e. The van der Waals surface area contributed by atoms with Crippen LogP contribution in [0.15, 0.2) is 30.4 Å². The number of hydrogen-bond donors (Lipinski definition) is 0. The molecule has 0 aromatic heterocycles. The summed E-state index contributed by atoms with van der Waals surface area (Å²) in [5.41, 5.74) is 1.66. The van der Waals surface area contributed by atoms with Crippen molar-refractivity contribution in [3.8, 4) is 0 Å². The Labute approximate surface area is 94.2 Å². The fraction of sp³-hybridized carbons (Fsp3) is 0.250. The van der Waals surface area contributed by atoms with Crippen molar-refractivity contribution in [3.05, 3.63) is 40.9 Å². The van der Waals surface area contributed by atoms with Gasteiger partial charge < -0.3 is 4.90 Å². The molecule has 0 radical (unpaired) electrons. The van der Waals surface area contributed by atoms with E-state index < -0.39 is 0 Å². The van der Waals surface area contributed by atoms with Crippen LogP contribution in [0.1, 0.15) is 17.3 Å². The molecule has 1 aliphatic rings. The molecular formula is C12H12ClNO. The highest BCUT2D eigenvalue weighted by atomic mass is 35.5. The van der Waals surface area contributed by atoms with E-state index in [-0.39, 0.29) is 5.78 Å². The van der Waals surface area contributed by atoms with Crippen LogP contribution in [0.4, 0.5) is 5.69 Å². The third-order valence-corrected chi connectivity index (χ3v) is 2.83. The number of nitrogens with zero attached hydrogens (tertiary/aromatic N) is 1. The Morgan fingerprint density at radius 2 is 2.00 bits per heavy atom. The number of rotatable bonds is 2. The minimum Gasteiger partial charge on any atom is -0.364 e. The van der Waals surface area contributed by atoms with Crippen molar-refractivity contribution in [1.29, 1.82) is 0 Å². The lowest BCUT2D eigenvalue weighted by atomic mass is 10.1. The number of ketones is 1. The monoisotopic (exact) mass is 221 g/mol. The largest absolute Gasteiger partial charge is 0.364 e. The van der Waals surface area contributed by atoms with Crippen LogP contribution in [0.2, 0.25) is 5.02 Å². The van der Waals surface area contributed by atoms with Crippen LogP contribution in [-0.2, 0) is 0 Å². The van der Waals surface area contributed by atoms with E-state index in [1.54, 1.807) is 6.07 Å². The van der Waals surface area contributed by atoms with E-state index in [0.29, 0.717) is 10.6 Å². The van der Waals surface area contributed by atoms with Crippen molar-refractivity contribution in [2.75, 3.05) is 18.0 Å². The molecule has 1 heterocycles. The molecule has 0 N–H and O–H groups in total. The number of hydrogen-bond acceptors (Lipinski definition) is 2. The first kappa shape index (κ1) is 10.2. The van der Waals surface area contributed by atoms with Gasteiger partial charge in [0.2, 0.25) is 0 Å². The average molecular weight is 222 g/mol. The van der Waals surface area contributed by atoms with Crippen LogP contribution in [0, 0.1) is 0 Å². The summed E-state index contributed by atoms with van der Waals surface area (Å²) in [7, 11) is 0. The van der Waals surface area contributed by atoms with E-state index in [0.717, 1.165) is 18.8 Å². The number of halogens is 1. The molecule has 0 saturated carbocycles. The third kappa shape index (κ3) is 2.05. The quantitative estimate of drug-likeness (QED) is 0.565. The summed E-state index contributed by atoms with van der Waals surface area (Å²) < 4.78 is 0. The van der Waals surface area contributed by atoms with Crippen LogP contribution in [0.3, 0.4) is 0 Å². The van der Waals surface area contributed by atoms with Crippen molar-refractivity contribution in [2.24, 2.45) is 0 Å². The minimum absolute atomic E-state index is 0.00565. The fourth-order valence-corrected chi connectivity index (χ4v) is 1.98. The summed E-state index contributed by atoms with van der Waals surface area (Å²) >= 11 is 6.03. The Balaban J connectivity index is 2.29. The molecule has 1 aromatic rings. The molecule has 78 valence electrons. The first-order chi connectivity index (χ1) is 7.18. The minimum atomic E-state index is 0.00565. The van der Waals surface area contributed by atoms with Crippen molar-refractivity contribution in [1.82, 2.24) is 0 Å². The van der Waals surface area contributed by atoms with E-state index in [9.17, 15) is 4.79 Å². The lowest BCUT2D eigenvalue weighted by Gasteiger charge is -2.18. The summed E-state index contributed by atoms with van der Waals surface area (Å²) in [4.78, 5) is 13.4. The zero-order valence-electron chi connectivity index (χ0n) is 8.53. The molecule has 1 aromatic carbocycles. The van der Waals surface area contributed by atoms with Gasteiger partial charge in [0.05, 0.1) is 5.02 Å². The maximum Gasteiger partial charge on any atom is 0.161 e. The molecule has 15 heavy (non-hydrogen) atoms. The predicted octanol–water partition coefficient (Wildman–Crippen LogP) is 2.92. The van der Waals surface area contributed by atoms with Crippen LogP contribution < -0.4 is 4.90 Å². The third-order valence-electron chi connectivity index (χ3n) is 2.52. The Morgan fingerprint density at radius 1 is 1.33 bits per heavy atom. The van der Waals surface area contributed by atoms with E-state index in [1.165, 1.54) is 6.92 Å². The summed E-state index contributed by atoms with van der Waals surface area (Å²) in [6.07, 6.45) is 4.24. The molecule has 0 unspecified atom stereocenters.